The van der Waals surface area contributed by atoms with Gasteiger partial charge in [-0.15, -0.1) is 0 Å². The molecule has 0 atom stereocenters. The highest BCUT2D eigenvalue weighted by molar-refractivity contribution is 7.92. The first-order valence-electron chi connectivity index (χ1n) is 4.11. The van der Waals surface area contributed by atoms with Gasteiger partial charge in [0.15, 0.2) is 0 Å². The highest BCUT2D eigenvalue weighted by atomic mass is 32.2. The van der Waals surface area contributed by atoms with E-state index in [-0.39, 0.29) is 0 Å². The van der Waals surface area contributed by atoms with E-state index in [9.17, 15) is 8.42 Å². The van der Waals surface area contributed by atoms with Gasteiger partial charge in [-0.25, -0.2) is 13.4 Å². The Hall–Kier alpha value is -1.23. The Kier molecular flexibility index (Phi) is 3.96. The van der Waals surface area contributed by atoms with Gasteiger partial charge in [-0.3, -0.25) is 4.72 Å². The van der Waals surface area contributed by atoms with Gasteiger partial charge in [0, 0.05) is 5.69 Å². The number of nitrogens with one attached hydrogen (secondary N) is 1. The van der Waals surface area contributed by atoms with E-state index in [2.05, 4.69) is 27.1 Å². The number of anilines is 1. The number of hydrogen-bond acceptors (Lipinski definition) is 4. The summed E-state index contributed by atoms with van der Waals surface area (Å²) in [7, 11) is -3.21. The molecule has 0 saturated heterocycles. The number of sulfonamides is 1. The van der Waals surface area contributed by atoms with Crippen molar-refractivity contribution in [2.24, 2.45) is 4.99 Å². The van der Waals surface area contributed by atoms with E-state index in [0.717, 1.165) is 11.8 Å². The van der Waals surface area contributed by atoms with Crippen LogP contribution in [0.25, 0.3) is 0 Å². The number of aliphatic imine (C=N–C) groups is 1. The minimum Gasteiger partial charge on any atom is -0.284 e. The second-order valence-electron chi connectivity index (χ2n) is 2.98. The molecule has 0 amide bonds. The standard InChI is InChI=1S/C9H10N2O2S2/c1-15(12,13)11-9-4-2-8(3-5-9)6-10-7-14/h2-5,11H,6H2,1H3. The molecule has 4 nitrogen and oxygen atoms in total. The number of benzene rings is 1. The Bertz CT molecular complexity index is 473. The number of rotatable bonds is 4. The van der Waals surface area contributed by atoms with Crippen molar-refractivity contribution in [3.05, 3.63) is 29.8 Å². The Morgan fingerprint density at radius 2 is 2.00 bits per heavy atom. The van der Waals surface area contributed by atoms with Crippen LogP contribution < -0.4 is 4.72 Å². The molecule has 1 aromatic rings. The topological polar surface area (TPSA) is 58.5 Å². The Balaban J connectivity index is 2.76. The average molecular weight is 242 g/mol. The summed E-state index contributed by atoms with van der Waals surface area (Å²) in [5.41, 5.74) is 1.49. The fraction of sp³-hybridized carbons (Fsp3) is 0.222. The fourth-order valence-electron chi connectivity index (χ4n) is 1.02. The fourth-order valence-corrected chi connectivity index (χ4v) is 1.64. The largest absolute Gasteiger partial charge is 0.284 e. The molecule has 0 saturated carbocycles. The minimum atomic E-state index is -3.21. The normalized spacial score (nSPS) is 10.5. The predicted octanol–water partition coefficient (Wildman–Crippen LogP) is 1.66. The van der Waals surface area contributed by atoms with Gasteiger partial charge in [0.1, 0.15) is 0 Å². The molecule has 6 heteroatoms. The molecule has 0 aliphatic heterocycles. The van der Waals surface area contributed by atoms with Crippen LogP contribution >= 0.6 is 12.2 Å². The molecule has 0 spiro atoms. The Morgan fingerprint density at radius 1 is 1.40 bits per heavy atom. The second-order valence-corrected chi connectivity index (χ2v) is 4.91. The minimum absolute atomic E-state index is 0.461. The molecule has 0 radical (unpaired) electrons. The third-order valence-electron chi connectivity index (χ3n) is 1.58. The van der Waals surface area contributed by atoms with Crippen molar-refractivity contribution in [2.45, 2.75) is 6.54 Å². The van der Waals surface area contributed by atoms with Gasteiger partial charge < -0.3 is 0 Å². The monoisotopic (exact) mass is 242 g/mol. The van der Waals surface area contributed by atoms with Crippen molar-refractivity contribution in [3.63, 3.8) is 0 Å². The number of hydrogen-bond donors (Lipinski definition) is 1. The number of thiocarbonyl (C=S) groups is 1. The molecule has 0 aliphatic carbocycles. The molecule has 0 unspecified atom stereocenters. The van der Waals surface area contributed by atoms with Crippen molar-refractivity contribution in [2.75, 3.05) is 11.0 Å². The molecular weight excluding hydrogens is 232 g/mol. The molecule has 80 valence electrons. The summed E-state index contributed by atoms with van der Waals surface area (Å²) < 4.78 is 24.2. The van der Waals surface area contributed by atoms with Gasteiger partial charge in [-0.2, -0.15) is 0 Å². The van der Waals surface area contributed by atoms with Crippen LogP contribution in [0, 0.1) is 0 Å². The Morgan fingerprint density at radius 3 is 2.47 bits per heavy atom. The molecule has 0 aromatic heterocycles. The first-order chi connectivity index (χ1) is 7.01. The zero-order valence-electron chi connectivity index (χ0n) is 8.10. The molecule has 1 rings (SSSR count). The SMILES string of the molecule is CS(=O)(=O)Nc1ccc(CN=C=S)cc1. The first kappa shape index (κ1) is 11.8. The van der Waals surface area contributed by atoms with Crippen LogP contribution in [0.5, 0.6) is 0 Å². The lowest BCUT2D eigenvalue weighted by Crippen LogP contribution is -2.09. The zero-order chi connectivity index (χ0) is 11.3. The van der Waals surface area contributed by atoms with Gasteiger partial charge in [0.25, 0.3) is 0 Å². The maximum Gasteiger partial charge on any atom is 0.229 e. The van der Waals surface area contributed by atoms with E-state index in [1.165, 1.54) is 0 Å². The van der Waals surface area contributed by atoms with Crippen LogP contribution in [-0.4, -0.2) is 19.8 Å². The van der Waals surface area contributed by atoms with Crippen molar-refractivity contribution >= 4 is 33.1 Å². The average Bonchev–Trinajstić information content (AvgIpc) is 2.14. The zero-order valence-corrected chi connectivity index (χ0v) is 9.73. The molecule has 1 N–H and O–H groups in total. The van der Waals surface area contributed by atoms with Gasteiger partial charge in [-0.1, -0.05) is 12.1 Å². The molecule has 0 aliphatic rings. The van der Waals surface area contributed by atoms with E-state index < -0.39 is 10.0 Å². The van der Waals surface area contributed by atoms with E-state index in [1.807, 2.05) is 0 Å². The lowest BCUT2D eigenvalue weighted by Gasteiger charge is -2.03. The lowest BCUT2D eigenvalue weighted by atomic mass is 10.2. The van der Waals surface area contributed by atoms with Crippen LogP contribution in [0.1, 0.15) is 5.56 Å². The molecule has 0 heterocycles. The van der Waals surface area contributed by atoms with Gasteiger partial charge in [0.05, 0.1) is 18.0 Å². The van der Waals surface area contributed by atoms with Crippen LogP contribution in [-0.2, 0) is 16.6 Å². The van der Waals surface area contributed by atoms with Crippen LogP contribution in [0.15, 0.2) is 29.3 Å². The van der Waals surface area contributed by atoms with E-state index in [1.54, 1.807) is 24.3 Å². The highest BCUT2D eigenvalue weighted by Crippen LogP contribution is 2.11. The van der Waals surface area contributed by atoms with E-state index >= 15 is 0 Å². The van der Waals surface area contributed by atoms with Gasteiger partial charge >= 0.3 is 0 Å². The molecule has 0 bridgehead atoms. The van der Waals surface area contributed by atoms with Crippen LogP contribution in [0.2, 0.25) is 0 Å². The molecular formula is C9H10N2O2S2. The summed E-state index contributed by atoms with van der Waals surface area (Å²) >= 11 is 4.44. The predicted molar refractivity (Wildman–Crippen MR) is 63.6 cm³/mol. The van der Waals surface area contributed by atoms with Crippen molar-refractivity contribution in [1.82, 2.24) is 0 Å². The quantitative estimate of drug-likeness (QED) is 0.645. The summed E-state index contributed by atoms with van der Waals surface area (Å²) in [6.45, 7) is 0.461. The van der Waals surface area contributed by atoms with Crippen molar-refractivity contribution in [3.8, 4) is 0 Å². The van der Waals surface area contributed by atoms with Crippen LogP contribution in [0.3, 0.4) is 0 Å². The summed E-state index contributed by atoms with van der Waals surface area (Å²) in [5.74, 6) is 0. The molecule has 0 fully saturated rings. The third kappa shape index (κ3) is 4.69. The van der Waals surface area contributed by atoms with Crippen LogP contribution in [0.4, 0.5) is 5.69 Å². The summed E-state index contributed by atoms with van der Waals surface area (Å²) in [6, 6.07) is 6.91. The summed E-state index contributed by atoms with van der Waals surface area (Å²) in [6.07, 6.45) is 1.11. The van der Waals surface area contributed by atoms with Gasteiger partial charge in [-0.05, 0) is 29.9 Å². The first-order valence-corrected chi connectivity index (χ1v) is 6.41. The smallest absolute Gasteiger partial charge is 0.229 e. The molecule has 1 aromatic carbocycles. The lowest BCUT2D eigenvalue weighted by molar-refractivity contribution is 0.607. The second kappa shape index (κ2) is 5.02. The van der Waals surface area contributed by atoms with Crippen molar-refractivity contribution < 1.29 is 8.42 Å². The number of nitrogens with zero attached hydrogens (tertiary/aromatic N) is 1. The van der Waals surface area contributed by atoms with E-state index in [0.29, 0.717) is 12.2 Å². The van der Waals surface area contributed by atoms with Crippen molar-refractivity contribution in [1.29, 1.82) is 0 Å². The maximum absolute atomic E-state index is 10.9. The third-order valence-corrected chi connectivity index (χ3v) is 2.32. The number of isothiocyanates is 1. The molecule has 15 heavy (non-hydrogen) atoms. The summed E-state index contributed by atoms with van der Waals surface area (Å²) in [4.78, 5) is 3.77. The summed E-state index contributed by atoms with van der Waals surface area (Å²) in [5, 5.41) is 2.27. The van der Waals surface area contributed by atoms with Gasteiger partial charge in [0.2, 0.25) is 10.0 Å². The highest BCUT2D eigenvalue weighted by Gasteiger charge is 2.00. The maximum atomic E-state index is 10.9. The Labute approximate surface area is 94.1 Å². The van der Waals surface area contributed by atoms with E-state index in [4.69, 9.17) is 0 Å².